The molecule has 2 aromatic carbocycles. The van der Waals surface area contributed by atoms with Crippen molar-refractivity contribution < 1.29 is 121 Å². The van der Waals surface area contributed by atoms with Gasteiger partial charge < -0.3 is 26.1 Å². The first-order chi connectivity index (χ1) is 10.3. The Bertz CT molecular complexity index is 745. The van der Waals surface area contributed by atoms with Gasteiger partial charge in [-0.1, -0.05) is 0 Å². The Kier molecular flexibility index (Phi) is 13.3. The molecule has 0 atom stereocenters. The molecule has 4 N–H and O–H groups in total. The zero-order chi connectivity index (χ0) is 16.6. The molecule has 0 radical (unpaired) electrons. The molecule has 0 saturated carbocycles. The van der Waals surface area contributed by atoms with Gasteiger partial charge in [-0.2, -0.15) is 0 Å². The van der Waals surface area contributed by atoms with Crippen LogP contribution in [0.3, 0.4) is 0 Å². The molecule has 0 aliphatic heterocycles. The van der Waals surface area contributed by atoms with Crippen molar-refractivity contribution in [1.82, 2.24) is 0 Å². The summed E-state index contributed by atoms with van der Waals surface area (Å²) in [6, 6.07) is 3.75. The number of rotatable bonds is 4. The van der Waals surface area contributed by atoms with Crippen molar-refractivity contribution in [2.75, 3.05) is 0 Å². The Hall–Kier alpha value is -1.03. The van der Waals surface area contributed by atoms with E-state index < -0.39 is 56.9 Å². The van der Waals surface area contributed by atoms with E-state index in [1.54, 1.807) is 0 Å². The van der Waals surface area contributed by atoms with E-state index in [4.69, 9.17) is 20.4 Å². The zero-order valence-corrected chi connectivity index (χ0v) is 14.7. The smallest absolute Gasteiger partial charge is 1.00 e. The number of hydrogen-bond donors (Lipinski definition) is 4. The summed E-state index contributed by atoms with van der Waals surface area (Å²) in [5, 5.41) is 35.8. The standard InChI is InChI=1S/C14H8O8.4Li.4H/c15-11(16)5-1-2-6(12(17)18)10-8(14(21)22)4-3-7(9(5)10)13(19)20;;;;;;;;/h1-4H,(H,15,16)(H,17,18)(H,19,20)(H,21,22);;;;;;;;/q;4*+1;4*-1. The normalized spacial score (nSPS) is 8.77. The monoisotopic (exact) mass is 336 g/mol. The summed E-state index contributed by atoms with van der Waals surface area (Å²) in [7, 11) is 0. The molecule has 0 unspecified atom stereocenters. The summed E-state index contributed by atoms with van der Waals surface area (Å²) < 4.78 is 0. The molecule has 0 aromatic heterocycles. The fourth-order valence-corrected chi connectivity index (χ4v) is 2.21. The van der Waals surface area contributed by atoms with Crippen molar-refractivity contribution in [3.8, 4) is 0 Å². The average molecular weight is 336 g/mol. The number of aromatic carboxylic acids is 4. The third-order valence-electron chi connectivity index (χ3n) is 3.08. The van der Waals surface area contributed by atoms with Gasteiger partial charge >= 0.3 is 99.3 Å². The number of carboxylic acid groups (broad SMARTS) is 4. The topological polar surface area (TPSA) is 149 Å². The van der Waals surface area contributed by atoms with E-state index in [1.807, 2.05) is 0 Å². The van der Waals surface area contributed by atoms with Gasteiger partial charge in [0.15, 0.2) is 0 Å². The Morgan fingerprint density at radius 2 is 0.654 bits per heavy atom. The van der Waals surface area contributed by atoms with Crippen molar-refractivity contribution in [2.24, 2.45) is 0 Å². The summed E-state index contributed by atoms with van der Waals surface area (Å²) in [5.41, 5.74) is -1.94. The molecule has 0 aliphatic carbocycles. The molecule has 2 rings (SSSR count). The van der Waals surface area contributed by atoms with E-state index in [1.165, 1.54) is 0 Å². The third kappa shape index (κ3) is 5.48. The maximum Gasteiger partial charge on any atom is 1.00 e. The van der Waals surface area contributed by atoms with Gasteiger partial charge in [-0.05, 0) is 24.3 Å². The summed E-state index contributed by atoms with van der Waals surface area (Å²) in [6.07, 6.45) is 0. The molecule has 0 bridgehead atoms. The summed E-state index contributed by atoms with van der Waals surface area (Å²) >= 11 is 0. The van der Waals surface area contributed by atoms with Crippen LogP contribution in [0, 0.1) is 0 Å². The van der Waals surface area contributed by atoms with E-state index in [-0.39, 0.29) is 81.1 Å². The van der Waals surface area contributed by atoms with Crippen LogP contribution < -0.4 is 75.4 Å². The van der Waals surface area contributed by atoms with Gasteiger partial charge in [0.1, 0.15) is 0 Å². The minimum Gasteiger partial charge on any atom is -1.00 e. The van der Waals surface area contributed by atoms with Crippen LogP contribution in [0.4, 0.5) is 0 Å². The molecule has 120 valence electrons. The molecular formula is C14H12Li4O8. The van der Waals surface area contributed by atoms with Gasteiger partial charge in [0.05, 0.1) is 22.3 Å². The van der Waals surface area contributed by atoms with Crippen LogP contribution >= 0.6 is 0 Å². The van der Waals surface area contributed by atoms with Crippen LogP contribution in [0.1, 0.15) is 47.1 Å². The maximum absolute atomic E-state index is 11.3. The van der Waals surface area contributed by atoms with E-state index in [2.05, 4.69) is 0 Å². The number of fused-ring (bicyclic) bond motifs is 1. The molecule has 0 fully saturated rings. The number of hydrogen-bond acceptors (Lipinski definition) is 4. The third-order valence-corrected chi connectivity index (χ3v) is 3.08. The van der Waals surface area contributed by atoms with Crippen molar-refractivity contribution in [3.05, 3.63) is 46.5 Å². The Balaban J connectivity index is -0.000000132. The molecule has 26 heavy (non-hydrogen) atoms. The molecule has 0 heterocycles. The van der Waals surface area contributed by atoms with Gasteiger partial charge in [-0.3, -0.25) is 0 Å². The summed E-state index contributed by atoms with van der Waals surface area (Å²) in [5.74, 6) is -5.97. The number of carboxylic acids is 4. The Morgan fingerprint density at radius 1 is 0.500 bits per heavy atom. The zero-order valence-electron chi connectivity index (χ0n) is 18.7. The minimum atomic E-state index is -1.49. The van der Waals surface area contributed by atoms with Gasteiger partial charge in [0.2, 0.25) is 0 Å². The maximum atomic E-state index is 11.3. The van der Waals surface area contributed by atoms with Crippen LogP contribution in [0.5, 0.6) is 0 Å². The minimum absolute atomic E-state index is 0. The Morgan fingerprint density at radius 3 is 0.769 bits per heavy atom. The first-order valence-corrected chi connectivity index (χ1v) is 5.78. The van der Waals surface area contributed by atoms with Crippen LogP contribution in [0.2, 0.25) is 0 Å². The van der Waals surface area contributed by atoms with E-state index in [0.29, 0.717) is 0 Å². The van der Waals surface area contributed by atoms with Crippen molar-refractivity contribution in [1.29, 1.82) is 0 Å². The predicted molar refractivity (Wildman–Crippen MR) is 76.2 cm³/mol. The van der Waals surface area contributed by atoms with Crippen molar-refractivity contribution >= 4 is 34.6 Å². The molecule has 0 spiro atoms. The second-order valence-electron chi connectivity index (χ2n) is 4.29. The van der Waals surface area contributed by atoms with Crippen LogP contribution in [-0.4, -0.2) is 44.3 Å². The van der Waals surface area contributed by atoms with E-state index >= 15 is 0 Å². The molecular weight excluding hydrogens is 324 g/mol. The van der Waals surface area contributed by atoms with Crippen LogP contribution in [-0.2, 0) is 0 Å². The largest absolute Gasteiger partial charge is 1.00 e. The van der Waals surface area contributed by atoms with Gasteiger partial charge in [0, 0.05) is 10.8 Å². The van der Waals surface area contributed by atoms with Gasteiger partial charge in [0.25, 0.3) is 0 Å². The summed E-state index contributed by atoms with van der Waals surface area (Å²) in [4.78, 5) is 45.1. The first kappa shape index (κ1) is 29.7. The molecule has 0 aliphatic rings. The second-order valence-corrected chi connectivity index (χ2v) is 4.29. The molecule has 0 saturated heterocycles. The van der Waals surface area contributed by atoms with Crippen molar-refractivity contribution in [3.63, 3.8) is 0 Å². The van der Waals surface area contributed by atoms with Crippen molar-refractivity contribution in [2.45, 2.75) is 0 Å². The molecule has 0 amide bonds. The first-order valence-electron chi connectivity index (χ1n) is 5.78. The molecule has 12 heteroatoms. The molecule has 8 nitrogen and oxygen atoms in total. The fraction of sp³-hybridized carbons (Fsp3) is 0. The predicted octanol–water partition coefficient (Wildman–Crippen LogP) is -9.90. The van der Waals surface area contributed by atoms with Crippen LogP contribution in [0.25, 0.3) is 10.8 Å². The van der Waals surface area contributed by atoms with E-state index in [0.717, 1.165) is 24.3 Å². The van der Waals surface area contributed by atoms with Gasteiger partial charge in [-0.25, -0.2) is 19.2 Å². The fourth-order valence-electron chi connectivity index (χ4n) is 2.21. The second kappa shape index (κ2) is 11.6. The van der Waals surface area contributed by atoms with Gasteiger partial charge in [-0.15, -0.1) is 0 Å². The van der Waals surface area contributed by atoms with E-state index in [9.17, 15) is 19.2 Å². The SMILES string of the molecule is O=C(O)c1ccc(C(=O)O)c2c(C(=O)O)ccc(C(=O)O)c12.[H-].[H-].[H-].[H-].[Li+].[Li+].[Li+].[Li+]. The number of benzene rings is 2. The quantitative estimate of drug-likeness (QED) is 0.402. The van der Waals surface area contributed by atoms with Crippen LogP contribution in [0.15, 0.2) is 24.3 Å². The number of carbonyl (C=O) groups is 4. The summed E-state index contributed by atoms with van der Waals surface area (Å²) in [6.45, 7) is 0. The average Bonchev–Trinajstić information content (AvgIpc) is 2.43. The Labute approximate surface area is 201 Å². The molecule has 2 aromatic rings.